The molecule has 80 valence electrons. The predicted molar refractivity (Wildman–Crippen MR) is 58.4 cm³/mol. The van der Waals surface area contributed by atoms with Gasteiger partial charge in [-0.2, -0.15) is 0 Å². The highest BCUT2D eigenvalue weighted by atomic mass is 16.3. The van der Waals surface area contributed by atoms with Crippen molar-refractivity contribution < 1.29 is 5.11 Å². The van der Waals surface area contributed by atoms with Crippen LogP contribution in [0, 0.1) is 0 Å². The molecule has 0 saturated carbocycles. The molecule has 0 aromatic carbocycles. The van der Waals surface area contributed by atoms with Gasteiger partial charge in [0.25, 0.3) is 0 Å². The Hall–Kier alpha value is -1.12. The molecule has 2 N–H and O–H groups in total. The third kappa shape index (κ3) is 1.72. The summed E-state index contributed by atoms with van der Waals surface area (Å²) in [4.78, 5) is 0. The molecule has 1 aliphatic heterocycles. The van der Waals surface area contributed by atoms with Crippen molar-refractivity contribution in [1.82, 2.24) is 10.4 Å². The molecule has 0 aliphatic carbocycles. The second-order valence-corrected chi connectivity index (χ2v) is 4.82. The van der Waals surface area contributed by atoms with Crippen LogP contribution in [0.25, 0.3) is 0 Å². The van der Waals surface area contributed by atoms with E-state index >= 15 is 0 Å². The highest BCUT2D eigenvalue weighted by Crippen LogP contribution is 2.27. The first kappa shape index (κ1) is 11.0. The maximum Gasteiger partial charge on any atom is 0.209 e. The zero-order valence-corrected chi connectivity index (χ0v) is 9.89. The molecule has 3 heteroatoms. The molecule has 0 saturated heterocycles. The van der Waals surface area contributed by atoms with Gasteiger partial charge in [0, 0.05) is 11.3 Å². The van der Waals surface area contributed by atoms with Crippen molar-refractivity contribution in [3.8, 4) is 0 Å². The molecule has 14 heavy (non-hydrogen) atoms. The normalized spacial score (nSPS) is 18.9. The van der Waals surface area contributed by atoms with Crippen LogP contribution in [0.15, 0.2) is 22.7 Å². The maximum atomic E-state index is 9.97. The van der Waals surface area contributed by atoms with Crippen molar-refractivity contribution >= 4 is 0 Å². The Balaban J connectivity index is 3.12. The quantitative estimate of drug-likeness (QED) is 0.625. The first-order valence-corrected chi connectivity index (χ1v) is 4.89. The van der Waals surface area contributed by atoms with Crippen molar-refractivity contribution in [2.24, 2.45) is 0 Å². The molecular weight excluding hydrogens is 176 g/mol. The second kappa shape index (κ2) is 3.23. The summed E-state index contributed by atoms with van der Waals surface area (Å²) in [6, 6.07) is 0. The molecule has 0 unspecified atom stereocenters. The predicted octanol–water partition coefficient (Wildman–Crippen LogP) is 2.69. The molecule has 0 radical (unpaired) electrons. The zero-order valence-electron chi connectivity index (χ0n) is 9.89. The fraction of sp³-hybridized carbons (Fsp3) is 0.636. The average molecular weight is 196 g/mol. The number of nitrogens with zero attached hydrogens (tertiary/aromatic N) is 1. The fourth-order valence-corrected chi connectivity index (χ4v) is 1.41. The van der Waals surface area contributed by atoms with E-state index in [2.05, 4.69) is 26.2 Å². The van der Waals surface area contributed by atoms with E-state index in [1.165, 1.54) is 0 Å². The molecule has 0 fully saturated rings. The van der Waals surface area contributed by atoms with E-state index in [-0.39, 0.29) is 5.54 Å². The minimum atomic E-state index is -0.132. The fourth-order valence-electron chi connectivity index (χ4n) is 1.41. The van der Waals surface area contributed by atoms with Crippen LogP contribution < -0.4 is 5.43 Å². The Morgan fingerprint density at radius 3 is 2.00 bits per heavy atom. The lowest BCUT2D eigenvalue weighted by Gasteiger charge is -2.41. The maximum absolute atomic E-state index is 9.97. The van der Waals surface area contributed by atoms with E-state index in [0.29, 0.717) is 5.88 Å². The van der Waals surface area contributed by atoms with Crippen LogP contribution in [0.4, 0.5) is 0 Å². The van der Waals surface area contributed by atoms with Gasteiger partial charge in [-0.3, -0.25) is 10.4 Å². The van der Waals surface area contributed by atoms with Gasteiger partial charge in [0.05, 0.1) is 5.54 Å². The van der Waals surface area contributed by atoms with Crippen LogP contribution >= 0.6 is 0 Å². The molecule has 1 aliphatic rings. The van der Waals surface area contributed by atoms with E-state index in [0.717, 1.165) is 16.8 Å². The first-order chi connectivity index (χ1) is 6.25. The summed E-state index contributed by atoms with van der Waals surface area (Å²) in [5.41, 5.74) is 6.21. The second-order valence-electron chi connectivity index (χ2n) is 4.82. The van der Waals surface area contributed by atoms with Gasteiger partial charge in [0.1, 0.15) is 0 Å². The van der Waals surface area contributed by atoms with Crippen molar-refractivity contribution in [3.05, 3.63) is 22.7 Å². The Kier molecular flexibility index (Phi) is 2.52. The van der Waals surface area contributed by atoms with E-state index < -0.39 is 0 Å². The third-order valence-electron chi connectivity index (χ3n) is 2.62. The standard InChI is InChI=1S/C11H20N2O/c1-7-8(2)10(14)13(11(4,5)6)12-9(7)3/h12,14H,1-6H3. The van der Waals surface area contributed by atoms with E-state index in [1.807, 2.05) is 20.8 Å². The lowest BCUT2D eigenvalue weighted by molar-refractivity contribution is 0.0599. The van der Waals surface area contributed by atoms with Crippen LogP contribution in [-0.2, 0) is 0 Å². The minimum absolute atomic E-state index is 0.132. The molecule has 0 amide bonds. The van der Waals surface area contributed by atoms with Gasteiger partial charge in [0.2, 0.25) is 5.88 Å². The minimum Gasteiger partial charge on any atom is -0.493 e. The summed E-state index contributed by atoms with van der Waals surface area (Å²) >= 11 is 0. The summed E-state index contributed by atoms with van der Waals surface area (Å²) in [6.45, 7) is 12.1. The third-order valence-corrected chi connectivity index (χ3v) is 2.62. The van der Waals surface area contributed by atoms with Crippen LogP contribution in [0.2, 0.25) is 0 Å². The smallest absolute Gasteiger partial charge is 0.209 e. The van der Waals surface area contributed by atoms with Crippen LogP contribution in [0.3, 0.4) is 0 Å². The van der Waals surface area contributed by atoms with Gasteiger partial charge in [-0.05, 0) is 47.1 Å². The van der Waals surface area contributed by atoms with Crippen molar-refractivity contribution in [2.45, 2.75) is 47.1 Å². The van der Waals surface area contributed by atoms with Gasteiger partial charge in [-0.15, -0.1) is 0 Å². The molecule has 1 rings (SSSR count). The van der Waals surface area contributed by atoms with Crippen LogP contribution in [0.5, 0.6) is 0 Å². The Labute approximate surface area is 86.1 Å². The molecule has 0 bridgehead atoms. The number of aliphatic hydroxyl groups excluding tert-OH is 1. The number of aliphatic hydroxyl groups is 1. The van der Waals surface area contributed by atoms with E-state index in [4.69, 9.17) is 0 Å². The van der Waals surface area contributed by atoms with Gasteiger partial charge < -0.3 is 5.11 Å². The Morgan fingerprint density at radius 2 is 1.57 bits per heavy atom. The Morgan fingerprint density at radius 1 is 1.07 bits per heavy atom. The van der Waals surface area contributed by atoms with Crippen LogP contribution in [-0.4, -0.2) is 15.7 Å². The highest BCUT2D eigenvalue weighted by molar-refractivity contribution is 5.35. The Bertz CT molecular complexity index is 308. The van der Waals surface area contributed by atoms with Gasteiger partial charge >= 0.3 is 0 Å². The summed E-state index contributed by atoms with van der Waals surface area (Å²) in [5, 5.41) is 11.8. The topological polar surface area (TPSA) is 35.5 Å². The summed E-state index contributed by atoms with van der Waals surface area (Å²) in [7, 11) is 0. The largest absolute Gasteiger partial charge is 0.493 e. The lowest BCUT2D eigenvalue weighted by Crippen LogP contribution is -2.51. The molecular formula is C11H20N2O. The summed E-state index contributed by atoms with van der Waals surface area (Å²) in [5.74, 6) is 0.320. The summed E-state index contributed by atoms with van der Waals surface area (Å²) < 4.78 is 0. The molecule has 0 spiro atoms. The SMILES string of the molecule is CC1=C(C)C(C)=C(O)N(C(C)(C)C)N1. The van der Waals surface area contributed by atoms with Gasteiger partial charge in [0.15, 0.2) is 0 Å². The summed E-state index contributed by atoms with van der Waals surface area (Å²) in [6.07, 6.45) is 0. The number of hydrazine groups is 1. The molecule has 0 aromatic heterocycles. The van der Waals surface area contributed by atoms with Gasteiger partial charge in [-0.25, -0.2) is 0 Å². The van der Waals surface area contributed by atoms with Gasteiger partial charge in [-0.1, -0.05) is 0 Å². The first-order valence-electron chi connectivity index (χ1n) is 4.89. The monoisotopic (exact) mass is 196 g/mol. The van der Waals surface area contributed by atoms with E-state index in [1.54, 1.807) is 5.01 Å². The lowest BCUT2D eigenvalue weighted by atomic mass is 10.0. The number of nitrogens with one attached hydrogen (secondary N) is 1. The number of rotatable bonds is 0. The molecule has 3 nitrogen and oxygen atoms in total. The zero-order chi connectivity index (χ0) is 11.1. The molecule has 1 heterocycles. The number of hydrogen-bond donors (Lipinski definition) is 2. The van der Waals surface area contributed by atoms with Crippen LogP contribution in [0.1, 0.15) is 41.5 Å². The van der Waals surface area contributed by atoms with Crippen molar-refractivity contribution in [1.29, 1.82) is 0 Å². The van der Waals surface area contributed by atoms with Crippen molar-refractivity contribution in [2.75, 3.05) is 0 Å². The highest BCUT2D eigenvalue weighted by Gasteiger charge is 2.28. The van der Waals surface area contributed by atoms with Crippen molar-refractivity contribution in [3.63, 3.8) is 0 Å². The molecule has 0 atom stereocenters. The number of hydrogen-bond acceptors (Lipinski definition) is 3. The van der Waals surface area contributed by atoms with E-state index in [9.17, 15) is 5.11 Å². The average Bonchev–Trinajstić information content (AvgIpc) is 2.06. The molecule has 0 aromatic rings. The number of allylic oxidation sites excluding steroid dienone is 3.